The first kappa shape index (κ1) is 16.3. The second-order valence-electron chi connectivity index (χ2n) is 7.58. The number of rotatable bonds is 1. The Morgan fingerprint density at radius 1 is 0.857 bits per heavy atom. The Labute approximate surface area is 128 Å². The predicted octanol–water partition coefficient (Wildman–Crippen LogP) is 2.67. The molecule has 2 rings (SSSR count). The molecule has 120 valence electrons. The monoisotopic (exact) mass is 294 g/mol. The van der Waals surface area contributed by atoms with Crippen molar-refractivity contribution in [1.29, 1.82) is 0 Å². The maximum atomic E-state index is 12.7. The summed E-state index contributed by atoms with van der Waals surface area (Å²) in [6.07, 6.45) is 6.62. The quantitative estimate of drug-likeness (QED) is 0.746. The molecule has 4 heteroatoms. The molecular weight excluding hydrogens is 264 g/mol. The minimum Gasteiger partial charge on any atom is -0.342 e. The highest BCUT2D eigenvalue weighted by molar-refractivity contribution is 5.84. The first-order chi connectivity index (χ1) is 9.89. The van der Waals surface area contributed by atoms with E-state index in [1.165, 1.54) is 12.8 Å². The summed E-state index contributed by atoms with van der Waals surface area (Å²) < 4.78 is 0. The van der Waals surface area contributed by atoms with Gasteiger partial charge in [0.15, 0.2) is 0 Å². The van der Waals surface area contributed by atoms with Gasteiger partial charge in [-0.05, 0) is 25.7 Å². The summed E-state index contributed by atoms with van der Waals surface area (Å²) >= 11 is 0. The summed E-state index contributed by atoms with van der Waals surface area (Å²) in [7, 11) is 0. The van der Waals surface area contributed by atoms with Crippen molar-refractivity contribution in [2.75, 3.05) is 26.2 Å². The molecule has 21 heavy (non-hydrogen) atoms. The van der Waals surface area contributed by atoms with Crippen LogP contribution >= 0.6 is 0 Å². The van der Waals surface area contributed by atoms with E-state index in [1.807, 2.05) is 30.6 Å². The van der Waals surface area contributed by atoms with E-state index in [1.54, 1.807) is 0 Å². The fourth-order valence-electron chi connectivity index (χ4n) is 3.39. The normalized spacial score (nSPS) is 24.6. The Bertz CT molecular complexity index is 379. The van der Waals surface area contributed by atoms with Crippen molar-refractivity contribution in [2.45, 2.75) is 59.3 Å². The Hall–Kier alpha value is -1.06. The number of hydrogen-bond acceptors (Lipinski definition) is 2. The van der Waals surface area contributed by atoms with E-state index in [9.17, 15) is 9.59 Å². The Morgan fingerprint density at radius 2 is 1.43 bits per heavy atom. The summed E-state index contributed by atoms with van der Waals surface area (Å²) in [5, 5.41) is 0. The van der Waals surface area contributed by atoms with Gasteiger partial charge in [0.2, 0.25) is 11.8 Å². The van der Waals surface area contributed by atoms with E-state index < -0.39 is 0 Å². The average Bonchev–Trinajstić information content (AvgIpc) is 2.74. The van der Waals surface area contributed by atoms with E-state index in [4.69, 9.17) is 0 Å². The zero-order valence-electron chi connectivity index (χ0n) is 13.9. The van der Waals surface area contributed by atoms with Crippen LogP contribution < -0.4 is 0 Å². The lowest BCUT2D eigenvalue weighted by Crippen LogP contribution is -2.49. The van der Waals surface area contributed by atoms with Crippen LogP contribution in [-0.2, 0) is 9.59 Å². The van der Waals surface area contributed by atoms with Gasteiger partial charge in [-0.2, -0.15) is 0 Å². The third kappa shape index (κ3) is 4.21. The molecule has 1 atom stereocenters. The lowest BCUT2D eigenvalue weighted by Gasteiger charge is -2.37. The molecule has 0 saturated carbocycles. The molecule has 2 aliphatic rings. The summed E-state index contributed by atoms with van der Waals surface area (Å²) in [4.78, 5) is 29.1. The van der Waals surface area contributed by atoms with Gasteiger partial charge in [0, 0.05) is 31.6 Å². The van der Waals surface area contributed by atoms with Crippen molar-refractivity contribution in [3.05, 3.63) is 0 Å². The van der Waals surface area contributed by atoms with Crippen molar-refractivity contribution in [1.82, 2.24) is 9.80 Å². The zero-order chi connectivity index (χ0) is 15.5. The fraction of sp³-hybridized carbons (Fsp3) is 0.882. The summed E-state index contributed by atoms with van der Waals surface area (Å²) in [5.74, 6) is 0.474. The number of likely N-dealkylation sites (tertiary alicyclic amines) is 2. The molecule has 2 heterocycles. The van der Waals surface area contributed by atoms with Gasteiger partial charge in [-0.25, -0.2) is 0 Å². The molecular formula is C17H30N2O2. The summed E-state index contributed by atoms with van der Waals surface area (Å²) in [5.41, 5.74) is -0.354. The highest BCUT2D eigenvalue weighted by Gasteiger charge is 2.34. The molecule has 0 aromatic heterocycles. The van der Waals surface area contributed by atoms with Crippen LogP contribution in [0.2, 0.25) is 0 Å². The van der Waals surface area contributed by atoms with Gasteiger partial charge in [0.1, 0.15) is 0 Å². The van der Waals surface area contributed by atoms with E-state index in [0.29, 0.717) is 6.54 Å². The highest BCUT2D eigenvalue weighted by atomic mass is 16.2. The van der Waals surface area contributed by atoms with E-state index in [2.05, 4.69) is 0 Å². The third-order valence-electron chi connectivity index (χ3n) is 4.62. The van der Waals surface area contributed by atoms with Crippen LogP contribution in [-0.4, -0.2) is 47.8 Å². The zero-order valence-corrected chi connectivity index (χ0v) is 13.9. The molecule has 2 saturated heterocycles. The van der Waals surface area contributed by atoms with Gasteiger partial charge in [-0.1, -0.05) is 33.6 Å². The molecule has 0 unspecified atom stereocenters. The SMILES string of the molecule is CC(C)(C)C(=O)N1CCC[C@H](C(=O)N2CCCCCC2)C1. The molecule has 0 N–H and O–H groups in total. The maximum absolute atomic E-state index is 12.7. The number of piperidine rings is 1. The first-order valence-corrected chi connectivity index (χ1v) is 8.48. The van der Waals surface area contributed by atoms with Crippen LogP contribution in [0.4, 0.5) is 0 Å². The molecule has 0 bridgehead atoms. The van der Waals surface area contributed by atoms with Crippen molar-refractivity contribution >= 4 is 11.8 Å². The summed E-state index contributed by atoms with van der Waals surface area (Å²) in [6, 6.07) is 0. The smallest absolute Gasteiger partial charge is 0.227 e. The Balaban J connectivity index is 1.96. The standard InChI is InChI=1S/C17H30N2O2/c1-17(2,3)16(21)19-12-8-9-14(13-19)15(20)18-10-6-4-5-7-11-18/h14H,4-13H2,1-3H3/t14-/m0/s1. The Morgan fingerprint density at radius 3 is 2.00 bits per heavy atom. The molecule has 0 aromatic rings. The van der Waals surface area contributed by atoms with Gasteiger partial charge in [-0.15, -0.1) is 0 Å². The van der Waals surface area contributed by atoms with E-state index in [0.717, 1.165) is 45.3 Å². The fourth-order valence-corrected chi connectivity index (χ4v) is 3.39. The number of hydrogen-bond donors (Lipinski definition) is 0. The lowest BCUT2D eigenvalue weighted by molar-refractivity contribution is -0.145. The van der Waals surface area contributed by atoms with Crippen LogP contribution in [0.15, 0.2) is 0 Å². The minimum atomic E-state index is -0.354. The number of carbonyl (C=O) groups is 2. The molecule has 2 aliphatic heterocycles. The lowest BCUT2D eigenvalue weighted by atomic mass is 9.90. The van der Waals surface area contributed by atoms with Crippen LogP contribution in [0.25, 0.3) is 0 Å². The molecule has 4 nitrogen and oxygen atoms in total. The van der Waals surface area contributed by atoms with Crippen molar-refractivity contribution in [2.24, 2.45) is 11.3 Å². The molecule has 0 radical (unpaired) electrons. The molecule has 0 aliphatic carbocycles. The predicted molar refractivity (Wildman–Crippen MR) is 83.8 cm³/mol. The largest absolute Gasteiger partial charge is 0.342 e. The van der Waals surface area contributed by atoms with E-state index in [-0.39, 0.29) is 23.1 Å². The molecule has 0 aromatic carbocycles. The van der Waals surface area contributed by atoms with Crippen LogP contribution in [0.3, 0.4) is 0 Å². The molecule has 0 spiro atoms. The van der Waals surface area contributed by atoms with Gasteiger partial charge < -0.3 is 9.80 Å². The van der Waals surface area contributed by atoms with Crippen molar-refractivity contribution < 1.29 is 9.59 Å². The highest BCUT2D eigenvalue weighted by Crippen LogP contribution is 2.25. The van der Waals surface area contributed by atoms with Crippen molar-refractivity contribution in [3.8, 4) is 0 Å². The molecule has 2 amide bonds. The minimum absolute atomic E-state index is 0.0168. The second-order valence-corrected chi connectivity index (χ2v) is 7.58. The van der Waals surface area contributed by atoms with Gasteiger partial charge in [-0.3, -0.25) is 9.59 Å². The number of nitrogens with zero attached hydrogens (tertiary/aromatic N) is 2. The van der Waals surface area contributed by atoms with Crippen LogP contribution in [0.1, 0.15) is 59.3 Å². The van der Waals surface area contributed by atoms with Gasteiger partial charge in [0.05, 0.1) is 5.92 Å². The first-order valence-electron chi connectivity index (χ1n) is 8.48. The van der Waals surface area contributed by atoms with Gasteiger partial charge >= 0.3 is 0 Å². The van der Waals surface area contributed by atoms with Gasteiger partial charge in [0.25, 0.3) is 0 Å². The third-order valence-corrected chi connectivity index (χ3v) is 4.62. The number of amides is 2. The van der Waals surface area contributed by atoms with Crippen LogP contribution in [0.5, 0.6) is 0 Å². The number of carbonyl (C=O) groups excluding carboxylic acids is 2. The second kappa shape index (κ2) is 6.80. The average molecular weight is 294 g/mol. The topological polar surface area (TPSA) is 40.6 Å². The summed E-state index contributed by atoms with van der Waals surface area (Å²) in [6.45, 7) is 9.09. The van der Waals surface area contributed by atoms with Crippen molar-refractivity contribution in [3.63, 3.8) is 0 Å². The van der Waals surface area contributed by atoms with E-state index >= 15 is 0 Å². The Kier molecular flexibility index (Phi) is 5.28. The molecule has 2 fully saturated rings. The van der Waals surface area contributed by atoms with Crippen LogP contribution in [0, 0.1) is 11.3 Å². The maximum Gasteiger partial charge on any atom is 0.227 e.